The van der Waals surface area contributed by atoms with E-state index in [1.807, 2.05) is 90.3 Å². The number of nitrogens with zero attached hydrogens (tertiary/aromatic N) is 1. The number of ether oxygens (including phenoxy) is 1. The molecule has 0 spiro atoms. The first-order valence-electron chi connectivity index (χ1n) is 11.6. The zero-order valence-electron chi connectivity index (χ0n) is 20.3. The van der Waals surface area contributed by atoms with Crippen LogP contribution in [0, 0.1) is 0 Å². The summed E-state index contributed by atoms with van der Waals surface area (Å²) < 4.78 is 5.96. The Morgan fingerprint density at radius 1 is 0.889 bits per heavy atom. The van der Waals surface area contributed by atoms with E-state index in [4.69, 9.17) is 4.74 Å². The molecule has 0 bridgehead atoms. The molecule has 0 fully saturated rings. The molecule has 3 aromatic carbocycles. The molecule has 6 heteroatoms. The molecule has 36 heavy (non-hydrogen) atoms. The van der Waals surface area contributed by atoms with Gasteiger partial charge in [0.2, 0.25) is 0 Å². The highest BCUT2D eigenvalue weighted by molar-refractivity contribution is 7.11. The zero-order valence-corrected chi connectivity index (χ0v) is 21.1. The van der Waals surface area contributed by atoms with Crippen LogP contribution < -0.4 is 10.1 Å². The molecule has 0 unspecified atom stereocenters. The molecule has 0 saturated heterocycles. The smallest absolute Gasteiger partial charge is 0.253 e. The van der Waals surface area contributed by atoms with E-state index in [-0.39, 0.29) is 11.8 Å². The number of amides is 2. The third-order valence-electron chi connectivity index (χ3n) is 5.51. The second kappa shape index (κ2) is 12.0. The van der Waals surface area contributed by atoms with E-state index in [9.17, 15) is 9.59 Å². The van der Waals surface area contributed by atoms with Gasteiger partial charge in [-0.05, 0) is 58.5 Å². The summed E-state index contributed by atoms with van der Waals surface area (Å²) in [6.45, 7) is 0.837. The van der Waals surface area contributed by atoms with Crippen LogP contribution in [0.15, 0.2) is 96.4 Å². The first-order chi connectivity index (χ1) is 17.5. The molecule has 0 aliphatic rings. The summed E-state index contributed by atoms with van der Waals surface area (Å²) in [5.74, 6) is 0.524. The summed E-state index contributed by atoms with van der Waals surface area (Å²) in [5.41, 5.74) is 4.09. The summed E-state index contributed by atoms with van der Waals surface area (Å²) in [6.07, 6.45) is 1.88. The molecule has 1 N–H and O–H groups in total. The second-order valence-electron chi connectivity index (χ2n) is 8.46. The third kappa shape index (κ3) is 6.71. The first kappa shape index (κ1) is 24.9. The minimum absolute atomic E-state index is 0.0523. The molecular formula is C30H28N2O3S. The Morgan fingerprint density at radius 3 is 2.36 bits per heavy atom. The van der Waals surface area contributed by atoms with Gasteiger partial charge in [-0.25, -0.2) is 0 Å². The van der Waals surface area contributed by atoms with Gasteiger partial charge in [-0.1, -0.05) is 60.7 Å². The number of hydrogen-bond acceptors (Lipinski definition) is 4. The maximum Gasteiger partial charge on any atom is 0.253 e. The van der Waals surface area contributed by atoms with Crippen molar-refractivity contribution in [2.75, 3.05) is 14.1 Å². The maximum atomic E-state index is 13.2. The second-order valence-corrected chi connectivity index (χ2v) is 9.41. The highest BCUT2D eigenvalue weighted by Crippen LogP contribution is 2.25. The van der Waals surface area contributed by atoms with E-state index in [1.54, 1.807) is 26.2 Å². The van der Waals surface area contributed by atoms with Gasteiger partial charge in [0.15, 0.2) is 0 Å². The van der Waals surface area contributed by atoms with Crippen molar-refractivity contribution in [3.8, 4) is 5.75 Å². The van der Waals surface area contributed by atoms with E-state index in [0.717, 1.165) is 27.3 Å². The number of thiophene rings is 1. The van der Waals surface area contributed by atoms with Crippen LogP contribution in [0.25, 0.3) is 11.6 Å². The van der Waals surface area contributed by atoms with Crippen LogP contribution in [0.4, 0.5) is 0 Å². The Balaban J connectivity index is 1.47. The largest absolute Gasteiger partial charge is 0.489 e. The van der Waals surface area contributed by atoms with Gasteiger partial charge in [-0.2, -0.15) is 0 Å². The Labute approximate surface area is 215 Å². The summed E-state index contributed by atoms with van der Waals surface area (Å²) in [6, 6.07) is 28.9. The molecule has 0 aliphatic heterocycles. The van der Waals surface area contributed by atoms with Crippen molar-refractivity contribution in [1.82, 2.24) is 10.2 Å². The lowest BCUT2D eigenvalue weighted by atomic mass is 10.1. The van der Waals surface area contributed by atoms with Crippen LogP contribution in [0.3, 0.4) is 0 Å². The minimum atomic E-state index is -0.165. The number of hydrogen-bond donors (Lipinski definition) is 1. The Kier molecular flexibility index (Phi) is 8.32. The molecule has 4 rings (SSSR count). The summed E-state index contributed by atoms with van der Waals surface area (Å²) in [5, 5.41) is 4.97. The third-order valence-corrected chi connectivity index (χ3v) is 6.41. The van der Waals surface area contributed by atoms with E-state index in [2.05, 4.69) is 5.32 Å². The van der Waals surface area contributed by atoms with Crippen LogP contribution in [0.5, 0.6) is 5.75 Å². The molecule has 2 amide bonds. The molecule has 0 aliphatic carbocycles. The lowest BCUT2D eigenvalue weighted by Gasteiger charge is -2.12. The van der Waals surface area contributed by atoms with Crippen molar-refractivity contribution in [1.29, 1.82) is 0 Å². The normalized spacial score (nSPS) is 11.1. The monoisotopic (exact) mass is 496 g/mol. The zero-order chi connectivity index (χ0) is 25.3. The summed E-state index contributed by atoms with van der Waals surface area (Å²) in [4.78, 5) is 27.7. The molecule has 0 saturated carbocycles. The SMILES string of the molecule is CN(C)C(=O)c1ccc(CNC(=O)/C(=C/c2cccc(OCc3ccccc3)c2)c2cccs2)cc1. The highest BCUT2D eigenvalue weighted by atomic mass is 32.1. The summed E-state index contributed by atoms with van der Waals surface area (Å²) >= 11 is 1.52. The topological polar surface area (TPSA) is 58.6 Å². The predicted molar refractivity (Wildman–Crippen MR) is 146 cm³/mol. The molecule has 4 aromatic rings. The van der Waals surface area contributed by atoms with Crippen LogP contribution in [0.2, 0.25) is 0 Å². The highest BCUT2D eigenvalue weighted by Gasteiger charge is 2.14. The number of carbonyl (C=O) groups is 2. The number of nitrogens with one attached hydrogen (secondary N) is 1. The average Bonchev–Trinajstić information content (AvgIpc) is 3.44. The van der Waals surface area contributed by atoms with Crippen molar-refractivity contribution in [3.63, 3.8) is 0 Å². The molecule has 1 aromatic heterocycles. The van der Waals surface area contributed by atoms with Gasteiger partial charge in [0.05, 0.1) is 5.57 Å². The van der Waals surface area contributed by atoms with Crippen molar-refractivity contribution < 1.29 is 14.3 Å². The lowest BCUT2D eigenvalue weighted by Crippen LogP contribution is -2.24. The van der Waals surface area contributed by atoms with E-state index in [0.29, 0.717) is 24.3 Å². The van der Waals surface area contributed by atoms with Gasteiger partial charge in [0.25, 0.3) is 11.8 Å². The Hall–Kier alpha value is -4.16. The van der Waals surface area contributed by atoms with Gasteiger partial charge in [-0.3, -0.25) is 9.59 Å². The Bertz CT molecular complexity index is 1330. The number of rotatable bonds is 9. The molecule has 182 valence electrons. The minimum Gasteiger partial charge on any atom is -0.489 e. The van der Waals surface area contributed by atoms with Gasteiger partial charge in [-0.15, -0.1) is 11.3 Å². The van der Waals surface area contributed by atoms with Gasteiger partial charge < -0.3 is 15.0 Å². The lowest BCUT2D eigenvalue weighted by molar-refractivity contribution is -0.115. The fourth-order valence-electron chi connectivity index (χ4n) is 3.58. The fraction of sp³-hybridized carbons (Fsp3) is 0.133. The van der Waals surface area contributed by atoms with Gasteiger partial charge in [0, 0.05) is 31.1 Å². The van der Waals surface area contributed by atoms with Gasteiger partial charge >= 0.3 is 0 Å². The Morgan fingerprint density at radius 2 is 1.67 bits per heavy atom. The van der Waals surface area contributed by atoms with E-state index < -0.39 is 0 Å². The van der Waals surface area contributed by atoms with Crippen LogP contribution in [-0.2, 0) is 17.9 Å². The predicted octanol–water partition coefficient (Wildman–Crippen LogP) is 5.89. The van der Waals surface area contributed by atoms with Crippen molar-refractivity contribution in [2.45, 2.75) is 13.2 Å². The van der Waals surface area contributed by atoms with Crippen LogP contribution in [0.1, 0.15) is 31.9 Å². The van der Waals surface area contributed by atoms with Gasteiger partial charge in [0.1, 0.15) is 12.4 Å². The van der Waals surface area contributed by atoms with Crippen molar-refractivity contribution in [3.05, 3.63) is 124 Å². The molecule has 1 heterocycles. The molecule has 0 atom stereocenters. The van der Waals surface area contributed by atoms with Crippen molar-refractivity contribution in [2.24, 2.45) is 0 Å². The standard InChI is InChI=1S/C30H28N2O3S/c1-32(2)30(34)25-15-13-22(14-16-25)20-31-29(33)27(28-12-7-17-36-28)19-24-10-6-11-26(18-24)35-21-23-8-4-3-5-9-23/h3-19H,20-21H2,1-2H3,(H,31,33)/b27-19+. The summed E-state index contributed by atoms with van der Waals surface area (Å²) in [7, 11) is 3.44. The first-order valence-corrected chi connectivity index (χ1v) is 12.5. The molecule has 5 nitrogen and oxygen atoms in total. The quantitative estimate of drug-likeness (QED) is 0.294. The van der Waals surface area contributed by atoms with Crippen LogP contribution in [-0.4, -0.2) is 30.8 Å². The van der Waals surface area contributed by atoms with E-state index >= 15 is 0 Å². The molecular weight excluding hydrogens is 468 g/mol. The van der Waals surface area contributed by atoms with Crippen molar-refractivity contribution >= 4 is 34.8 Å². The number of carbonyl (C=O) groups excluding carboxylic acids is 2. The van der Waals surface area contributed by atoms with Crippen LogP contribution >= 0.6 is 11.3 Å². The molecule has 0 radical (unpaired) electrons. The fourth-order valence-corrected chi connectivity index (χ4v) is 4.32. The maximum absolute atomic E-state index is 13.2. The van der Waals surface area contributed by atoms with E-state index in [1.165, 1.54) is 16.2 Å². The average molecular weight is 497 g/mol. The number of benzene rings is 3.